The van der Waals surface area contributed by atoms with Crippen molar-refractivity contribution in [1.82, 2.24) is 10.6 Å². The van der Waals surface area contributed by atoms with E-state index >= 15 is 0 Å². The highest BCUT2D eigenvalue weighted by Gasteiger charge is 2.19. The second kappa shape index (κ2) is 9.05. The number of thiophene rings is 1. The van der Waals surface area contributed by atoms with E-state index in [0.717, 1.165) is 10.4 Å². The summed E-state index contributed by atoms with van der Waals surface area (Å²) in [7, 11) is 1.60. The average Bonchev–Trinajstić information content (AvgIpc) is 3.10. The zero-order chi connectivity index (χ0) is 17.4. The molecule has 0 bridgehead atoms. The van der Waals surface area contributed by atoms with Gasteiger partial charge in [-0.05, 0) is 17.0 Å². The van der Waals surface area contributed by atoms with Crippen LogP contribution in [0.4, 0.5) is 4.79 Å². The first-order valence-corrected chi connectivity index (χ1v) is 8.42. The molecule has 0 saturated heterocycles. The molecule has 0 aliphatic heterocycles. The molecule has 2 rings (SSSR count). The largest absolute Gasteiger partial charge is 0.375 e. The molecule has 0 unspecified atom stereocenters. The van der Waals surface area contributed by atoms with Crippen LogP contribution in [0.25, 0.3) is 0 Å². The summed E-state index contributed by atoms with van der Waals surface area (Å²) in [5, 5.41) is 7.34. The van der Waals surface area contributed by atoms with Crippen molar-refractivity contribution in [2.24, 2.45) is 5.73 Å². The Morgan fingerprint density at radius 3 is 2.54 bits per heavy atom. The molecule has 24 heavy (non-hydrogen) atoms. The molecule has 0 radical (unpaired) electrons. The van der Waals surface area contributed by atoms with Crippen LogP contribution in [0.5, 0.6) is 0 Å². The predicted molar refractivity (Wildman–Crippen MR) is 93.6 cm³/mol. The number of hydrogen-bond acceptors (Lipinski definition) is 4. The van der Waals surface area contributed by atoms with Crippen molar-refractivity contribution < 1.29 is 14.3 Å². The first-order chi connectivity index (χ1) is 11.6. The highest BCUT2D eigenvalue weighted by Crippen LogP contribution is 2.22. The van der Waals surface area contributed by atoms with Crippen molar-refractivity contribution in [3.8, 4) is 0 Å². The van der Waals surface area contributed by atoms with Crippen LogP contribution in [0.2, 0.25) is 0 Å². The van der Waals surface area contributed by atoms with Crippen LogP contribution < -0.4 is 16.4 Å². The Labute approximate surface area is 145 Å². The van der Waals surface area contributed by atoms with Gasteiger partial charge in [0.25, 0.3) is 0 Å². The minimum absolute atomic E-state index is 0.120. The van der Waals surface area contributed by atoms with E-state index in [2.05, 4.69) is 10.6 Å². The van der Waals surface area contributed by atoms with Crippen LogP contribution in [0.1, 0.15) is 29.0 Å². The van der Waals surface area contributed by atoms with Gasteiger partial charge in [-0.25, -0.2) is 4.79 Å². The number of hydrogen-bond donors (Lipinski definition) is 3. The smallest absolute Gasteiger partial charge is 0.312 e. The molecule has 0 aliphatic carbocycles. The molecule has 2 atom stereocenters. The van der Waals surface area contributed by atoms with Crippen molar-refractivity contribution in [3.63, 3.8) is 0 Å². The van der Waals surface area contributed by atoms with Gasteiger partial charge in [0, 0.05) is 18.5 Å². The average molecular weight is 347 g/mol. The van der Waals surface area contributed by atoms with Gasteiger partial charge in [-0.1, -0.05) is 36.4 Å². The number of carbonyl (C=O) groups is 2. The fraction of sp³-hybridized carbons (Fsp3) is 0.294. The van der Waals surface area contributed by atoms with Crippen molar-refractivity contribution in [2.45, 2.75) is 18.6 Å². The van der Waals surface area contributed by atoms with E-state index in [9.17, 15) is 9.59 Å². The van der Waals surface area contributed by atoms with Crippen molar-refractivity contribution >= 4 is 23.3 Å². The number of carbonyl (C=O) groups excluding carboxylic acids is 2. The molecule has 7 heteroatoms. The van der Waals surface area contributed by atoms with Crippen molar-refractivity contribution in [1.29, 1.82) is 0 Å². The lowest BCUT2D eigenvalue weighted by molar-refractivity contribution is -0.122. The maximum Gasteiger partial charge on any atom is 0.312 e. The normalized spacial score (nSPS) is 13.0. The zero-order valence-corrected chi connectivity index (χ0v) is 14.2. The van der Waals surface area contributed by atoms with Gasteiger partial charge < -0.3 is 21.1 Å². The molecule has 6 nitrogen and oxygen atoms in total. The lowest BCUT2D eigenvalue weighted by Gasteiger charge is -2.19. The number of benzene rings is 1. The van der Waals surface area contributed by atoms with Crippen LogP contribution in [-0.4, -0.2) is 25.6 Å². The minimum Gasteiger partial charge on any atom is -0.375 e. The quantitative estimate of drug-likeness (QED) is 0.684. The Morgan fingerprint density at radius 1 is 1.21 bits per heavy atom. The van der Waals surface area contributed by atoms with Gasteiger partial charge in [-0.3, -0.25) is 4.79 Å². The molecule has 0 fully saturated rings. The van der Waals surface area contributed by atoms with E-state index in [1.165, 1.54) is 11.3 Å². The lowest BCUT2D eigenvalue weighted by Crippen LogP contribution is -2.37. The summed E-state index contributed by atoms with van der Waals surface area (Å²) < 4.78 is 5.43. The second-order valence-electron chi connectivity index (χ2n) is 5.22. The number of nitrogens with two attached hydrogens (primary N) is 1. The van der Waals surface area contributed by atoms with Crippen molar-refractivity contribution in [2.75, 3.05) is 13.7 Å². The Bertz CT molecular complexity index is 646. The molecular weight excluding hydrogens is 326 g/mol. The number of nitrogens with one attached hydrogen (secondary N) is 2. The molecule has 0 spiro atoms. The summed E-state index contributed by atoms with van der Waals surface area (Å²) in [6.45, 7) is 0.354. The molecule has 128 valence electrons. The second-order valence-corrected chi connectivity index (χ2v) is 6.20. The van der Waals surface area contributed by atoms with Gasteiger partial charge >= 0.3 is 6.03 Å². The Morgan fingerprint density at radius 2 is 1.96 bits per heavy atom. The monoisotopic (exact) mass is 347 g/mol. The fourth-order valence-electron chi connectivity index (χ4n) is 2.35. The van der Waals surface area contributed by atoms with Gasteiger partial charge in [0.2, 0.25) is 5.91 Å². The van der Waals surface area contributed by atoms with Crippen LogP contribution in [0.15, 0.2) is 47.8 Å². The summed E-state index contributed by atoms with van der Waals surface area (Å²) in [5.41, 5.74) is 6.19. The van der Waals surface area contributed by atoms with Crippen LogP contribution >= 0.6 is 11.3 Å². The highest BCUT2D eigenvalue weighted by molar-refractivity contribution is 7.10. The summed E-state index contributed by atoms with van der Waals surface area (Å²) in [6, 6.07) is 12.3. The predicted octanol–water partition coefficient (Wildman–Crippen LogP) is 2.35. The van der Waals surface area contributed by atoms with Gasteiger partial charge in [-0.15, -0.1) is 11.3 Å². The first-order valence-electron chi connectivity index (χ1n) is 7.54. The topological polar surface area (TPSA) is 93.4 Å². The summed E-state index contributed by atoms with van der Waals surface area (Å²) in [4.78, 5) is 24.3. The number of methoxy groups -OCH3 is 1. The number of ether oxygens (including phenoxy) is 1. The Hall–Kier alpha value is -2.38. The third-order valence-corrected chi connectivity index (χ3v) is 4.52. The number of rotatable bonds is 8. The molecule has 0 saturated carbocycles. The molecule has 1 aromatic heterocycles. The summed E-state index contributed by atoms with van der Waals surface area (Å²) in [6.07, 6.45) is -0.103. The highest BCUT2D eigenvalue weighted by atomic mass is 32.1. The fourth-order valence-corrected chi connectivity index (χ4v) is 3.13. The standard InChI is InChI=1S/C17H21N3O3S/c1-23-14(12-6-3-2-4-7-12)11-19-16(21)10-13(20-17(18)22)15-8-5-9-24-15/h2-9,13-14H,10-11H2,1H3,(H,19,21)(H3,18,20,22)/t13-,14+/m1/s1. The van der Waals surface area contributed by atoms with E-state index in [1.54, 1.807) is 7.11 Å². The van der Waals surface area contributed by atoms with Crippen LogP contribution in [-0.2, 0) is 9.53 Å². The molecular formula is C17H21N3O3S. The van der Waals surface area contributed by atoms with Gasteiger partial charge in [0.1, 0.15) is 0 Å². The minimum atomic E-state index is -0.653. The number of urea groups is 1. The van der Waals surface area contributed by atoms with E-state index in [1.807, 2.05) is 47.8 Å². The van der Waals surface area contributed by atoms with E-state index in [4.69, 9.17) is 10.5 Å². The zero-order valence-electron chi connectivity index (χ0n) is 13.4. The van der Waals surface area contributed by atoms with E-state index in [-0.39, 0.29) is 18.4 Å². The van der Waals surface area contributed by atoms with E-state index in [0.29, 0.717) is 6.54 Å². The third kappa shape index (κ3) is 5.36. The summed E-state index contributed by atoms with van der Waals surface area (Å²) >= 11 is 1.47. The molecule has 4 N–H and O–H groups in total. The molecule has 1 aromatic carbocycles. The molecule has 0 aliphatic rings. The van der Waals surface area contributed by atoms with Gasteiger partial charge in [0.15, 0.2) is 0 Å². The first kappa shape index (κ1) is 18.0. The van der Waals surface area contributed by atoms with Gasteiger partial charge in [-0.2, -0.15) is 0 Å². The number of primary amides is 1. The van der Waals surface area contributed by atoms with Crippen LogP contribution in [0.3, 0.4) is 0 Å². The number of amides is 3. The molecule has 3 amide bonds. The summed E-state index contributed by atoms with van der Waals surface area (Å²) in [5.74, 6) is -0.180. The maximum absolute atomic E-state index is 12.2. The maximum atomic E-state index is 12.2. The molecule has 1 heterocycles. The van der Waals surface area contributed by atoms with Crippen molar-refractivity contribution in [3.05, 3.63) is 58.3 Å². The SMILES string of the molecule is CO[C@@H](CNC(=O)C[C@@H](NC(N)=O)c1cccs1)c1ccccc1. The lowest BCUT2D eigenvalue weighted by atomic mass is 10.1. The Balaban J connectivity index is 1.92. The van der Waals surface area contributed by atoms with Crippen LogP contribution in [0, 0.1) is 0 Å². The molecule has 2 aromatic rings. The van der Waals surface area contributed by atoms with E-state index < -0.39 is 12.1 Å². The third-order valence-electron chi connectivity index (χ3n) is 3.53. The van der Waals surface area contributed by atoms with Gasteiger partial charge in [0.05, 0.1) is 18.6 Å². The Kier molecular flexibility index (Phi) is 6.77.